The van der Waals surface area contributed by atoms with E-state index in [0.717, 1.165) is 5.56 Å². The van der Waals surface area contributed by atoms with Crippen LogP contribution in [0.25, 0.3) is 0 Å². The summed E-state index contributed by atoms with van der Waals surface area (Å²) in [4.78, 5) is 12.0. The minimum atomic E-state index is -1.01. The predicted octanol–water partition coefficient (Wildman–Crippen LogP) is 1.59. The molecule has 1 aliphatic rings. The summed E-state index contributed by atoms with van der Waals surface area (Å²) in [6.45, 7) is 0. The highest BCUT2D eigenvalue weighted by atomic mass is 16.3. The lowest BCUT2D eigenvalue weighted by atomic mass is 9.89. The van der Waals surface area contributed by atoms with Gasteiger partial charge in [0.1, 0.15) is 11.5 Å². The number of aromatic hydroxyl groups is 2. The van der Waals surface area contributed by atoms with Crippen molar-refractivity contribution in [3.63, 3.8) is 0 Å². The zero-order valence-corrected chi connectivity index (χ0v) is 10.7. The highest BCUT2D eigenvalue weighted by molar-refractivity contribution is 5.84. The van der Waals surface area contributed by atoms with Crippen LogP contribution >= 0.6 is 0 Å². The number of hydrogen-bond acceptors (Lipinski definition) is 5. The number of ketones is 1. The van der Waals surface area contributed by atoms with Crippen LogP contribution in [-0.4, -0.2) is 32.3 Å². The molecule has 0 spiro atoms. The molecule has 0 bridgehead atoms. The number of rotatable bonds is 4. The molecule has 0 aromatic heterocycles. The van der Waals surface area contributed by atoms with Crippen LogP contribution in [0.1, 0.15) is 12.0 Å². The highest BCUT2D eigenvalue weighted by Crippen LogP contribution is 2.26. The molecule has 0 radical (unpaired) electrons. The van der Waals surface area contributed by atoms with E-state index in [1.807, 2.05) is 0 Å². The molecule has 5 heteroatoms. The summed E-state index contributed by atoms with van der Waals surface area (Å²) < 4.78 is 0. The van der Waals surface area contributed by atoms with E-state index in [9.17, 15) is 25.2 Å². The smallest absolute Gasteiger partial charge is 0.157 e. The molecule has 0 saturated carbocycles. The van der Waals surface area contributed by atoms with Gasteiger partial charge in [0.05, 0.1) is 12.0 Å². The van der Waals surface area contributed by atoms with Gasteiger partial charge < -0.3 is 20.4 Å². The highest BCUT2D eigenvalue weighted by Gasteiger charge is 2.25. The summed E-state index contributed by atoms with van der Waals surface area (Å²) in [7, 11) is 0. The minimum Gasteiger partial charge on any atom is -0.508 e. The van der Waals surface area contributed by atoms with Crippen LogP contribution in [0.4, 0.5) is 0 Å². The summed E-state index contributed by atoms with van der Waals surface area (Å²) in [5.41, 5.74) is 0.723. The number of phenolic OH excluding ortho intramolecular Hbond substituents is 2. The van der Waals surface area contributed by atoms with Crippen LogP contribution in [-0.2, 0) is 11.2 Å². The summed E-state index contributed by atoms with van der Waals surface area (Å²) >= 11 is 0. The van der Waals surface area contributed by atoms with Crippen molar-refractivity contribution >= 4 is 5.78 Å². The van der Waals surface area contributed by atoms with Crippen molar-refractivity contribution in [3.8, 4) is 11.5 Å². The first kappa shape index (κ1) is 14.1. The number of hydrogen-bond donors (Lipinski definition) is 4. The third kappa shape index (κ3) is 3.19. The first-order chi connectivity index (χ1) is 9.47. The predicted molar refractivity (Wildman–Crippen MR) is 72.4 cm³/mol. The zero-order valence-electron chi connectivity index (χ0n) is 10.7. The molecule has 0 aliphatic heterocycles. The van der Waals surface area contributed by atoms with Gasteiger partial charge in [-0.25, -0.2) is 0 Å². The largest absolute Gasteiger partial charge is 0.508 e. The van der Waals surface area contributed by atoms with E-state index in [2.05, 4.69) is 0 Å². The van der Waals surface area contributed by atoms with Gasteiger partial charge in [0.25, 0.3) is 0 Å². The molecular formula is C15H16O5. The maximum atomic E-state index is 12.0. The molecule has 4 N–H and O–H groups in total. The Bertz CT molecular complexity index is 574. The molecule has 20 heavy (non-hydrogen) atoms. The van der Waals surface area contributed by atoms with Crippen LogP contribution < -0.4 is 0 Å². The number of phenols is 2. The van der Waals surface area contributed by atoms with Crippen LogP contribution in [0.5, 0.6) is 11.5 Å². The Kier molecular flexibility index (Phi) is 4.10. The van der Waals surface area contributed by atoms with E-state index in [4.69, 9.17) is 0 Å². The summed E-state index contributed by atoms with van der Waals surface area (Å²) in [6.07, 6.45) is 3.69. The van der Waals surface area contributed by atoms with Gasteiger partial charge in [-0.1, -0.05) is 12.1 Å². The molecule has 2 atom stereocenters. The minimum absolute atomic E-state index is 0.0509. The number of carbonyl (C=O) groups is 1. The first-order valence-electron chi connectivity index (χ1n) is 6.28. The van der Waals surface area contributed by atoms with Crippen LogP contribution in [0.15, 0.2) is 42.2 Å². The number of aliphatic hydroxyl groups excluding tert-OH is 2. The molecule has 0 fully saturated rings. The van der Waals surface area contributed by atoms with Crippen molar-refractivity contribution in [2.75, 3.05) is 0 Å². The van der Waals surface area contributed by atoms with Crippen molar-refractivity contribution in [1.82, 2.24) is 0 Å². The second-order valence-corrected chi connectivity index (χ2v) is 4.76. The van der Waals surface area contributed by atoms with Crippen LogP contribution in [0.3, 0.4) is 0 Å². The number of Topliss-reactive ketones (excluding diaryl/α,β-unsaturated/α-hetero) is 1. The van der Waals surface area contributed by atoms with Gasteiger partial charge in [0.2, 0.25) is 0 Å². The molecule has 0 amide bonds. The fourth-order valence-electron chi connectivity index (χ4n) is 2.11. The maximum absolute atomic E-state index is 12.0. The second-order valence-electron chi connectivity index (χ2n) is 4.76. The molecule has 2 unspecified atom stereocenters. The van der Waals surface area contributed by atoms with E-state index in [0.29, 0.717) is 6.42 Å². The monoisotopic (exact) mass is 276 g/mol. The van der Waals surface area contributed by atoms with Crippen molar-refractivity contribution in [2.45, 2.75) is 18.9 Å². The van der Waals surface area contributed by atoms with E-state index in [-0.39, 0.29) is 29.5 Å². The molecule has 0 heterocycles. The van der Waals surface area contributed by atoms with Crippen molar-refractivity contribution in [1.29, 1.82) is 0 Å². The Morgan fingerprint density at radius 1 is 1.15 bits per heavy atom. The summed E-state index contributed by atoms with van der Waals surface area (Å²) in [5, 5.41) is 37.5. The first-order valence-corrected chi connectivity index (χ1v) is 6.28. The quantitative estimate of drug-likeness (QED) is 0.626. The second kappa shape index (κ2) is 5.79. The van der Waals surface area contributed by atoms with Crippen molar-refractivity contribution in [2.24, 2.45) is 5.92 Å². The van der Waals surface area contributed by atoms with E-state index in [1.165, 1.54) is 30.4 Å². The number of aryl methyl sites for hydroxylation is 1. The van der Waals surface area contributed by atoms with Crippen LogP contribution in [0.2, 0.25) is 0 Å². The van der Waals surface area contributed by atoms with E-state index >= 15 is 0 Å². The molecule has 106 valence electrons. The average Bonchev–Trinajstić information content (AvgIpc) is 2.40. The van der Waals surface area contributed by atoms with E-state index < -0.39 is 12.0 Å². The summed E-state index contributed by atoms with van der Waals surface area (Å²) in [5.74, 6) is -1.28. The number of carbonyl (C=O) groups excluding carboxylic acids is 1. The average molecular weight is 276 g/mol. The molecule has 1 aromatic rings. The standard InChI is InChI=1S/C15H16O5/c16-10-3-4-11(14(19)8-10)12(17)5-1-9-2-6-13(18)15(20)7-9/h2-4,6-8,11,14,16,18-20H,1,5H2. The molecular weight excluding hydrogens is 260 g/mol. The van der Waals surface area contributed by atoms with Gasteiger partial charge in [0.15, 0.2) is 11.5 Å². The fraction of sp³-hybridized carbons (Fsp3) is 0.267. The van der Waals surface area contributed by atoms with Crippen molar-refractivity contribution < 1.29 is 25.2 Å². The summed E-state index contributed by atoms with van der Waals surface area (Å²) in [6, 6.07) is 4.40. The maximum Gasteiger partial charge on any atom is 0.157 e. The van der Waals surface area contributed by atoms with Gasteiger partial charge >= 0.3 is 0 Å². The normalized spacial score (nSPS) is 21.6. The zero-order chi connectivity index (χ0) is 14.7. The van der Waals surface area contributed by atoms with Gasteiger partial charge in [-0.2, -0.15) is 0 Å². The van der Waals surface area contributed by atoms with Crippen LogP contribution in [0, 0.1) is 5.92 Å². The number of benzene rings is 1. The fourth-order valence-corrected chi connectivity index (χ4v) is 2.11. The number of allylic oxidation sites excluding steroid dienone is 1. The Morgan fingerprint density at radius 2 is 1.90 bits per heavy atom. The lowest BCUT2D eigenvalue weighted by molar-refractivity contribution is -0.123. The van der Waals surface area contributed by atoms with Gasteiger partial charge in [-0.15, -0.1) is 0 Å². The van der Waals surface area contributed by atoms with Gasteiger partial charge in [-0.3, -0.25) is 4.79 Å². The molecule has 1 aliphatic carbocycles. The Labute approximate surface area is 116 Å². The Hall–Kier alpha value is -2.27. The molecule has 2 rings (SSSR count). The molecule has 0 saturated heterocycles. The molecule has 1 aromatic carbocycles. The SMILES string of the molecule is O=C(CCc1ccc(O)c(O)c1)C1C=CC(O)=CC1O. The van der Waals surface area contributed by atoms with Gasteiger partial charge in [-0.05, 0) is 36.3 Å². The topological polar surface area (TPSA) is 98.0 Å². The Morgan fingerprint density at radius 3 is 2.55 bits per heavy atom. The molecule has 5 nitrogen and oxygen atoms in total. The third-order valence-corrected chi connectivity index (χ3v) is 3.26. The van der Waals surface area contributed by atoms with Crippen molar-refractivity contribution in [3.05, 3.63) is 47.7 Å². The Balaban J connectivity index is 1.95. The lowest BCUT2D eigenvalue weighted by Gasteiger charge is -2.19. The van der Waals surface area contributed by atoms with Gasteiger partial charge in [0, 0.05) is 6.42 Å². The lowest BCUT2D eigenvalue weighted by Crippen LogP contribution is -2.27. The number of aliphatic hydroxyl groups is 2. The third-order valence-electron chi connectivity index (χ3n) is 3.26. The van der Waals surface area contributed by atoms with E-state index in [1.54, 1.807) is 6.07 Å².